The molecule has 1 aromatic heterocycles. The molecule has 2 aliphatic heterocycles. The summed E-state index contributed by atoms with van der Waals surface area (Å²) < 4.78 is 10.5. The highest BCUT2D eigenvalue weighted by molar-refractivity contribution is 8.18. The molecule has 0 atom stereocenters. The summed E-state index contributed by atoms with van der Waals surface area (Å²) in [7, 11) is 1.32. The van der Waals surface area contributed by atoms with Crippen LogP contribution in [0, 0.1) is 0 Å². The number of ether oxygens (including phenoxy) is 1. The molecule has 2 saturated heterocycles. The number of thioether (sulfide) groups is 1. The number of hydrogen-bond donors (Lipinski definition) is 0. The van der Waals surface area contributed by atoms with E-state index in [9.17, 15) is 19.2 Å². The SMILES string of the molecule is COC(=O)c1ccc(-c2ccc(/C=C3\SC(=O)N(CC(=O)N4CCCC4)C3=O)o2)cc1. The van der Waals surface area contributed by atoms with Gasteiger partial charge in [-0.05, 0) is 48.9 Å². The van der Waals surface area contributed by atoms with Crippen LogP contribution in [0.1, 0.15) is 29.0 Å². The standard InChI is InChI=1S/C22H20N2O6S/c1-29-21(27)15-6-4-14(5-7-15)17-9-8-16(30-17)12-18-20(26)24(22(28)31-18)13-19(25)23-10-2-3-11-23/h4-9,12H,2-3,10-11,13H2,1H3/b18-12-. The van der Waals surface area contributed by atoms with Gasteiger partial charge in [0, 0.05) is 24.7 Å². The van der Waals surface area contributed by atoms with E-state index in [1.54, 1.807) is 41.3 Å². The van der Waals surface area contributed by atoms with Crippen molar-refractivity contribution in [3.05, 3.63) is 52.6 Å². The second kappa shape index (κ2) is 8.81. The molecule has 0 unspecified atom stereocenters. The summed E-state index contributed by atoms with van der Waals surface area (Å²) in [4.78, 5) is 51.6. The summed E-state index contributed by atoms with van der Waals surface area (Å²) in [6.07, 6.45) is 3.39. The van der Waals surface area contributed by atoms with Crippen molar-refractivity contribution in [2.75, 3.05) is 26.7 Å². The molecule has 4 rings (SSSR count). The van der Waals surface area contributed by atoms with Crippen LogP contribution in [-0.2, 0) is 14.3 Å². The van der Waals surface area contributed by atoms with E-state index < -0.39 is 17.1 Å². The van der Waals surface area contributed by atoms with Crippen molar-refractivity contribution in [1.82, 2.24) is 9.80 Å². The average molecular weight is 440 g/mol. The number of carbonyl (C=O) groups excluding carboxylic acids is 4. The predicted octanol–water partition coefficient (Wildman–Crippen LogP) is 3.39. The van der Waals surface area contributed by atoms with Crippen LogP contribution in [0.3, 0.4) is 0 Å². The Kier molecular flexibility index (Phi) is 5.94. The number of benzene rings is 1. The number of hydrogen-bond acceptors (Lipinski definition) is 7. The number of esters is 1. The average Bonchev–Trinajstić information content (AvgIpc) is 3.52. The van der Waals surface area contributed by atoms with Crippen LogP contribution in [0.5, 0.6) is 0 Å². The van der Waals surface area contributed by atoms with E-state index in [-0.39, 0.29) is 17.4 Å². The Bertz CT molecular complexity index is 1070. The number of nitrogens with zero attached hydrogens (tertiary/aromatic N) is 2. The van der Waals surface area contributed by atoms with Gasteiger partial charge in [0.05, 0.1) is 17.6 Å². The number of methoxy groups -OCH3 is 1. The van der Waals surface area contributed by atoms with Crippen molar-refractivity contribution in [3.8, 4) is 11.3 Å². The Balaban J connectivity index is 1.46. The van der Waals surface area contributed by atoms with Gasteiger partial charge in [-0.3, -0.25) is 19.3 Å². The van der Waals surface area contributed by atoms with Crippen LogP contribution in [0.15, 0.2) is 45.7 Å². The second-order valence-corrected chi connectivity index (χ2v) is 8.12. The fourth-order valence-electron chi connectivity index (χ4n) is 3.44. The van der Waals surface area contributed by atoms with Gasteiger partial charge in [-0.1, -0.05) is 12.1 Å². The van der Waals surface area contributed by atoms with Crippen molar-refractivity contribution in [2.24, 2.45) is 0 Å². The molecule has 2 aliphatic rings. The van der Waals surface area contributed by atoms with Gasteiger partial charge in [0.25, 0.3) is 11.1 Å². The lowest BCUT2D eigenvalue weighted by Gasteiger charge is -2.18. The third-order valence-electron chi connectivity index (χ3n) is 5.12. The first-order chi connectivity index (χ1) is 15.0. The van der Waals surface area contributed by atoms with Gasteiger partial charge < -0.3 is 14.1 Å². The van der Waals surface area contributed by atoms with E-state index in [1.807, 2.05) is 0 Å². The Morgan fingerprint density at radius 3 is 2.48 bits per heavy atom. The Hall–Kier alpha value is -3.33. The lowest BCUT2D eigenvalue weighted by molar-refractivity contribution is -0.135. The third-order valence-corrected chi connectivity index (χ3v) is 6.02. The summed E-state index contributed by atoms with van der Waals surface area (Å²) in [6, 6.07) is 10.1. The number of rotatable bonds is 5. The molecule has 8 nitrogen and oxygen atoms in total. The minimum absolute atomic E-state index is 0.209. The van der Waals surface area contributed by atoms with E-state index in [0.717, 1.165) is 35.1 Å². The van der Waals surface area contributed by atoms with E-state index in [4.69, 9.17) is 4.42 Å². The maximum Gasteiger partial charge on any atom is 0.337 e. The Morgan fingerprint density at radius 2 is 1.81 bits per heavy atom. The fraction of sp³-hybridized carbons (Fsp3) is 0.273. The number of furan rings is 1. The molecular formula is C22H20N2O6S. The molecule has 0 radical (unpaired) electrons. The van der Waals surface area contributed by atoms with Crippen LogP contribution in [0.25, 0.3) is 17.4 Å². The first kappa shape index (κ1) is 20.9. The molecule has 3 heterocycles. The fourth-order valence-corrected chi connectivity index (χ4v) is 4.26. The van der Waals surface area contributed by atoms with Crippen molar-refractivity contribution >= 4 is 40.9 Å². The second-order valence-electron chi connectivity index (χ2n) is 7.13. The van der Waals surface area contributed by atoms with Gasteiger partial charge in [0.15, 0.2) is 0 Å². The number of imide groups is 1. The van der Waals surface area contributed by atoms with Gasteiger partial charge in [-0.25, -0.2) is 4.79 Å². The normalized spacial score (nSPS) is 17.6. The number of likely N-dealkylation sites (tertiary alicyclic amines) is 1. The molecule has 0 N–H and O–H groups in total. The molecule has 0 aliphatic carbocycles. The molecular weight excluding hydrogens is 420 g/mol. The first-order valence-electron chi connectivity index (χ1n) is 9.78. The molecule has 0 bridgehead atoms. The van der Waals surface area contributed by atoms with Gasteiger partial charge in [-0.15, -0.1) is 0 Å². The molecule has 3 amide bonds. The van der Waals surface area contributed by atoms with Gasteiger partial charge >= 0.3 is 5.97 Å². The highest BCUT2D eigenvalue weighted by Crippen LogP contribution is 2.33. The molecule has 1 aromatic carbocycles. The van der Waals surface area contributed by atoms with Crippen LogP contribution in [-0.4, -0.2) is 59.6 Å². The van der Waals surface area contributed by atoms with Gasteiger partial charge in [-0.2, -0.15) is 0 Å². The summed E-state index contributed by atoms with van der Waals surface area (Å²) >= 11 is 0.790. The molecule has 9 heteroatoms. The zero-order chi connectivity index (χ0) is 22.0. The van der Waals surface area contributed by atoms with Crippen LogP contribution < -0.4 is 0 Å². The third kappa shape index (κ3) is 4.41. The summed E-state index contributed by atoms with van der Waals surface area (Å²) in [5.74, 6) is -0.181. The van der Waals surface area contributed by atoms with E-state index in [0.29, 0.717) is 30.2 Å². The predicted molar refractivity (Wildman–Crippen MR) is 114 cm³/mol. The topological polar surface area (TPSA) is 97.1 Å². The summed E-state index contributed by atoms with van der Waals surface area (Å²) in [6.45, 7) is 1.10. The van der Waals surface area contributed by atoms with Gasteiger partial charge in [0.2, 0.25) is 5.91 Å². The van der Waals surface area contributed by atoms with Gasteiger partial charge in [0.1, 0.15) is 18.1 Å². The molecule has 31 heavy (non-hydrogen) atoms. The van der Waals surface area contributed by atoms with Crippen LogP contribution >= 0.6 is 11.8 Å². The molecule has 2 fully saturated rings. The quantitative estimate of drug-likeness (QED) is 0.519. The van der Waals surface area contributed by atoms with Crippen LogP contribution in [0.2, 0.25) is 0 Å². The van der Waals surface area contributed by atoms with Crippen molar-refractivity contribution in [1.29, 1.82) is 0 Å². The smallest absolute Gasteiger partial charge is 0.337 e. The minimum atomic E-state index is -0.497. The first-order valence-corrected chi connectivity index (χ1v) is 10.6. The van der Waals surface area contributed by atoms with Crippen molar-refractivity contribution < 1.29 is 28.3 Å². The van der Waals surface area contributed by atoms with Crippen molar-refractivity contribution in [2.45, 2.75) is 12.8 Å². The number of carbonyl (C=O) groups is 4. The zero-order valence-electron chi connectivity index (χ0n) is 16.8. The largest absolute Gasteiger partial charge is 0.465 e. The summed E-state index contributed by atoms with van der Waals surface area (Å²) in [5, 5.41) is -0.464. The summed E-state index contributed by atoms with van der Waals surface area (Å²) in [5.41, 5.74) is 1.17. The Labute approximate surface area is 182 Å². The molecule has 0 saturated carbocycles. The lowest BCUT2D eigenvalue weighted by Crippen LogP contribution is -2.40. The Morgan fingerprint density at radius 1 is 1.10 bits per heavy atom. The van der Waals surface area contributed by atoms with Crippen LogP contribution in [0.4, 0.5) is 4.79 Å². The molecule has 2 aromatic rings. The highest BCUT2D eigenvalue weighted by Gasteiger charge is 2.37. The van der Waals surface area contributed by atoms with E-state index >= 15 is 0 Å². The highest BCUT2D eigenvalue weighted by atomic mass is 32.2. The van der Waals surface area contributed by atoms with E-state index in [2.05, 4.69) is 4.74 Å². The maximum atomic E-state index is 12.6. The zero-order valence-corrected chi connectivity index (χ0v) is 17.6. The molecule has 160 valence electrons. The van der Waals surface area contributed by atoms with E-state index in [1.165, 1.54) is 13.2 Å². The monoisotopic (exact) mass is 440 g/mol. The molecule has 0 spiro atoms. The number of amides is 3. The lowest BCUT2D eigenvalue weighted by atomic mass is 10.1. The van der Waals surface area contributed by atoms with Crippen molar-refractivity contribution in [3.63, 3.8) is 0 Å². The minimum Gasteiger partial charge on any atom is -0.465 e. The maximum absolute atomic E-state index is 12.6.